The van der Waals surface area contributed by atoms with Gasteiger partial charge in [0.1, 0.15) is 11.6 Å². The second-order valence-electron chi connectivity index (χ2n) is 7.45. The van der Waals surface area contributed by atoms with Crippen LogP contribution in [-0.2, 0) is 0 Å². The third-order valence-electron chi connectivity index (χ3n) is 5.97. The molecule has 2 aliphatic rings. The minimum absolute atomic E-state index is 0.165. The van der Waals surface area contributed by atoms with E-state index in [2.05, 4.69) is 9.88 Å². The maximum Gasteiger partial charge on any atom is 0.407 e. The van der Waals surface area contributed by atoms with Gasteiger partial charge in [0.25, 0.3) is 0 Å². The fourth-order valence-electron chi connectivity index (χ4n) is 4.25. The van der Waals surface area contributed by atoms with Crippen LogP contribution in [0.4, 0.5) is 15.0 Å². The summed E-state index contributed by atoms with van der Waals surface area (Å²) in [5, 5.41) is 9.90. The average Bonchev–Trinajstić information content (AvgIpc) is 2.58. The van der Waals surface area contributed by atoms with Gasteiger partial charge in [0, 0.05) is 31.6 Å². The van der Waals surface area contributed by atoms with Gasteiger partial charge < -0.3 is 14.9 Å². The molecule has 4 rings (SSSR count). The highest BCUT2D eigenvalue weighted by Crippen LogP contribution is 2.51. The van der Waals surface area contributed by atoms with E-state index < -0.39 is 6.09 Å². The van der Waals surface area contributed by atoms with E-state index >= 15 is 0 Å². The van der Waals surface area contributed by atoms with Gasteiger partial charge in [-0.2, -0.15) is 0 Å². The summed E-state index contributed by atoms with van der Waals surface area (Å²) in [5.74, 6) is 0.695. The minimum Gasteiger partial charge on any atom is -0.465 e. The Bertz CT molecular complexity index is 809. The Balaban J connectivity index is 1.41. The van der Waals surface area contributed by atoms with E-state index in [0.717, 1.165) is 55.5 Å². The molecule has 1 aromatic heterocycles. The molecule has 2 fully saturated rings. The van der Waals surface area contributed by atoms with Crippen LogP contribution < -0.4 is 4.90 Å². The van der Waals surface area contributed by atoms with Crippen LogP contribution >= 0.6 is 0 Å². The van der Waals surface area contributed by atoms with E-state index in [0.29, 0.717) is 5.41 Å². The smallest absolute Gasteiger partial charge is 0.407 e. The van der Waals surface area contributed by atoms with E-state index in [-0.39, 0.29) is 11.9 Å². The largest absolute Gasteiger partial charge is 0.465 e. The van der Waals surface area contributed by atoms with Gasteiger partial charge in [-0.1, -0.05) is 0 Å². The Kier molecular flexibility index (Phi) is 3.78. The van der Waals surface area contributed by atoms with Gasteiger partial charge in [-0.25, -0.2) is 14.2 Å². The van der Waals surface area contributed by atoms with E-state index in [1.165, 1.54) is 17.0 Å². The summed E-state index contributed by atoms with van der Waals surface area (Å²) in [6.07, 6.45) is 3.23. The molecule has 1 aliphatic heterocycles. The fourth-order valence-corrected chi connectivity index (χ4v) is 4.25. The molecular weight excluding hydrogens is 321 g/mol. The van der Waals surface area contributed by atoms with Crippen molar-refractivity contribution in [1.29, 1.82) is 0 Å². The van der Waals surface area contributed by atoms with Crippen LogP contribution in [0.25, 0.3) is 10.9 Å². The highest BCUT2D eigenvalue weighted by molar-refractivity contribution is 5.80. The summed E-state index contributed by atoms with van der Waals surface area (Å²) in [4.78, 5) is 19.5. The predicted molar refractivity (Wildman–Crippen MR) is 94.4 cm³/mol. The van der Waals surface area contributed by atoms with Gasteiger partial charge in [-0.15, -0.1) is 0 Å². The second kappa shape index (κ2) is 5.86. The Hall–Kier alpha value is -2.37. The van der Waals surface area contributed by atoms with E-state index in [9.17, 15) is 9.18 Å². The third kappa shape index (κ3) is 2.90. The molecule has 0 bridgehead atoms. The van der Waals surface area contributed by atoms with Crippen molar-refractivity contribution in [2.24, 2.45) is 5.41 Å². The number of pyridine rings is 1. The Morgan fingerprint density at radius 2 is 2.00 bits per heavy atom. The van der Waals surface area contributed by atoms with Crippen LogP contribution in [0.15, 0.2) is 30.3 Å². The predicted octanol–water partition coefficient (Wildman–Crippen LogP) is 3.73. The lowest BCUT2D eigenvalue weighted by Gasteiger charge is -2.54. The molecule has 1 N–H and O–H groups in total. The molecule has 132 valence electrons. The van der Waals surface area contributed by atoms with Crippen LogP contribution in [0.5, 0.6) is 0 Å². The van der Waals surface area contributed by atoms with Crippen molar-refractivity contribution >= 4 is 22.8 Å². The van der Waals surface area contributed by atoms with Gasteiger partial charge in [0.2, 0.25) is 0 Å². The number of benzene rings is 1. The SMILES string of the molecule is CN(C(=O)O)C1CC2(CCN(c3ccc4cc(F)ccc4n3)CC2)C1. The van der Waals surface area contributed by atoms with Crippen molar-refractivity contribution < 1.29 is 14.3 Å². The molecular formula is C19H22FN3O2. The van der Waals surface area contributed by atoms with Crippen molar-refractivity contribution in [2.75, 3.05) is 25.0 Å². The molecule has 0 atom stereocenters. The molecule has 2 aromatic rings. The highest BCUT2D eigenvalue weighted by Gasteiger charge is 2.48. The number of piperidine rings is 1. The fraction of sp³-hybridized carbons (Fsp3) is 0.474. The number of halogens is 1. The van der Waals surface area contributed by atoms with Crippen LogP contribution in [0.2, 0.25) is 0 Å². The molecule has 0 radical (unpaired) electrons. The van der Waals surface area contributed by atoms with Crippen LogP contribution in [0.1, 0.15) is 25.7 Å². The maximum atomic E-state index is 13.3. The standard InChI is InChI=1S/C19H22FN3O2/c1-22(18(24)25)15-11-19(12-15)6-8-23(9-7-19)17-5-2-13-10-14(20)3-4-16(13)21-17/h2-5,10,15H,6-9,11-12H2,1H3,(H,24,25). The van der Waals surface area contributed by atoms with Crippen molar-refractivity contribution in [1.82, 2.24) is 9.88 Å². The number of fused-ring (bicyclic) bond motifs is 1. The maximum absolute atomic E-state index is 13.3. The molecule has 1 aromatic carbocycles. The number of aromatic nitrogens is 1. The number of amides is 1. The topological polar surface area (TPSA) is 56.7 Å². The number of carboxylic acid groups (broad SMARTS) is 1. The van der Waals surface area contributed by atoms with Crippen molar-refractivity contribution in [3.63, 3.8) is 0 Å². The quantitative estimate of drug-likeness (QED) is 0.903. The summed E-state index contributed by atoms with van der Waals surface area (Å²) >= 11 is 0. The highest BCUT2D eigenvalue weighted by atomic mass is 19.1. The molecule has 1 saturated carbocycles. The molecule has 2 heterocycles. The average molecular weight is 343 g/mol. The van der Waals surface area contributed by atoms with Gasteiger partial charge in [0.15, 0.2) is 0 Å². The summed E-state index contributed by atoms with van der Waals surface area (Å²) in [7, 11) is 1.66. The summed E-state index contributed by atoms with van der Waals surface area (Å²) < 4.78 is 13.3. The molecule has 1 spiro atoms. The molecule has 25 heavy (non-hydrogen) atoms. The third-order valence-corrected chi connectivity index (χ3v) is 5.97. The van der Waals surface area contributed by atoms with Gasteiger partial charge in [0.05, 0.1) is 5.52 Å². The number of nitrogens with zero attached hydrogens (tertiary/aromatic N) is 3. The summed E-state index contributed by atoms with van der Waals surface area (Å²) in [6, 6.07) is 8.71. The first-order valence-corrected chi connectivity index (χ1v) is 8.73. The monoisotopic (exact) mass is 343 g/mol. The lowest BCUT2D eigenvalue weighted by molar-refractivity contribution is 0.000551. The molecule has 1 amide bonds. The van der Waals surface area contributed by atoms with Gasteiger partial charge in [-0.05, 0) is 61.4 Å². The van der Waals surface area contributed by atoms with Gasteiger partial charge >= 0.3 is 6.09 Å². The van der Waals surface area contributed by atoms with Crippen molar-refractivity contribution in [3.05, 3.63) is 36.1 Å². The Labute approximate surface area is 146 Å². The molecule has 1 aliphatic carbocycles. The first-order chi connectivity index (χ1) is 12.0. The van der Waals surface area contributed by atoms with Gasteiger partial charge in [-0.3, -0.25) is 0 Å². The zero-order valence-electron chi connectivity index (χ0n) is 14.3. The molecule has 6 heteroatoms. The summed E-state index contributed by atoms with van der Waals surface area (Å²) in [5.41, 5.74) is 1.11. The molecule has 1 saturated heterocycles. The van der Waals surface area contributed by atoms with Crippen LogP contribution in [-0.4, -0.2) is 47.3 Å². The van der Waals surface area contributed by atoms with E-state index in [1.807, 2.05) is 12.1 Å². The summed E-state index contributed by atoms with van der Waals surface area (Å²) in [6.45, 7) is 1.87. The van der Waals surface area contributed by atoms with Crippen molar-refractivity contribution in [3.8, 4) is 0 Å². The van der Waals surface area contributed by atoms with Crippen LogP contribution in [0.3, 0.4) is 0 Å². The number of rotatable bonds is 2. The first-order valence-electron chi connectivity index (χ1n) is 8.73. The zero-order chi connectivity index (χ0) is 17.6. The number of carbonyl (C=O) groups is 1. The van der Waals surface area contributed by atoms with E-state index in [1.54, 1.807) is 13.1 Å². The normalized spacial score (nSPS) is 19.8. The lowest BCUT2D eigenvalue weighted by atomic mass is 9.60. The Morgan fingerprint density at radius 3 is 2.68 bits per heavy atom. The van der Waals surface area contributed by atoms with Crippen molar-refractivity contribution in [2.45, 2.75) is 31.7 Å². The molecule has 5 nitrogen and oxygen atoms in total. The van der Waals surface area contributed by atoms with E-state index in [4.69, 9.17) is 5.11 Å². The Morgan fingerprint density at radius 1 is 1.28 bits per heavy atom. The second-order valence-corrected chi connectivity index (χ2v) is 7.45. The number of hydrogen-bond donors (Lipinski definition) is 1. The van der Waals surface area contributed by atoms with Crippen LogP contribution in [0, 0.1) is 11.2 Å². The minimum atomic E-state index is -0.839. The zero-order valence-corrected chi connectivity index (χ0v) is 14.3. The number of hydrogen-bond acceptors (Lipinski definition) is 3. The number of anilines is 1. The lowest BCUT2D eigenvalue weighted by Crippen LogP contribution is -2.55. The first kappa shape index (κ1) is 16.1. The molecule has 0 unspecified atom stereocenters.